The molecule has 130 valence electrons. The first-order valence-electron chi connectivity index (χ1n) is 7.46. The number of aromatic nitrogens is 2. The average Bonchev–Trinajstić information content (AvgIpc) is 2.59. The van der Waals surface area contributed by atoms with Crippen molar-refractivity contribution >= 4 is 29.1 Å². The third kappa shape index (κ3) is 4.33. The van der Waals surface area contributed by atoms with E-state index >= 15 is 0 Å². The number of carbonyl (C=O) groups excluding carboxylic acids is 2. The molecule has 0 unspecified atom stereocenters. The molecule has 7 nitrogen and oxygen atoms in total. The summed E-state index contributed by atoms with van der Waals surface area (Å²) in [6.07, 6.45) is 5.62. The van der Waals surface area contributed by atoms with E-state index in [2.05, 4.69) is 15.3 Å². The highest BCUT2D eigenvalue weighted by Crippen LogP contribution is 2.26. The third-order valence-electron chi connectivity index (χ3n) is 3.46. The van der Waals surface area contributed by atoms with Crippen LogP contribution in [0.1, 0.15) is 12.5 Å². The van der Waals surface area contributed by atoms with E-state index in [0.29, 0.717) is 23.4 Å². The molecular formula is C17H17ClN4O3. The van der Waals surface area contributed by atoms with E-state index in [-0.39, 0.29) is 5.49 Å². The quantitative estimate of drug-likeness (QED) is 0.378. The Hall–Kier alpha value is -2.93. The molecule has 0 bridgehead atoms. The summed E-state index contributed by atoms with van der Waals surface area (Å²) in [5, 5.41) is 12.2. The molecular weight excluding hydrogens is 344 g/mol. The van der Waals surface area contributed by atoms with E-state index in [1.165, 1.54) is 12.4 Å². The molecule has 8 heteroatoms. The zero-order valence-electron chi connectivity index (χ0n) is 13.7. The minimum Gasteiger partial charge on any atom is -0.515 e. The van der Waals surface area contributed by atoms with Crippen molar-refractivity contribution in [1.82, 2.24) is 9.55 Å². The number of hydrogen-bond donors (Lipinski definition) is 2. The van der Waals surface area contributed by atoms with Crippen LogP contribution in [-0.2, 0) is 23.1 Å². The number of halogens is 1. The van der Waals surface area contributed by atoms with Gasteiger partial charge in [0.1, 0.15) is 5.57 Å². The van der Waals surface area contributed by atoms with Crippen LogP contribution in [0.25, 0.3) is 0 Å². The first-order valence-corrected chi connectivity index (χ1v) is 7.84. The van der Waals surface area contributed by atoms with Crippen LogP contribution in [0.2, 0.25) is 5.02 Å². The van der Waals surface area contributed by atoms with Gasteiger partial charge in [-0.15, -0.1) is 0 Å². The molecule has 0 fully saturated rings. The van der Waals surface area contributed by atoms with Gasteiger partial charge in [-0.25, -0.2) is 0 Å². The molecule has 1 heterocycles. The van der Waals surface area contributed by atoms with Crippen LogP contribution in [0.5, 0.6) is 0 Å². The fourth-order valence-corrected chi connectivity index (χ4v) is 2.34. The van der Waals surface area contributed by atoms with Crippen molar-refractivity contribution in [2.45, 2.75) is 13.3 Å². The van der Waals surface area contributed by atoms with Crippen LogP contribution < -0.4 is 10.8 Å². The summed E-state index contributed by atoms with van der Waals surface area (Å²) in [7, 11) is 1.67. The van der Waals surface area contributed by atoms with Crippen molar-refractivity contribution in [3.05, 3.63) is 64.7 Å². The smallest absolute Gasteiger partial charge is 0.287 e. The lowest BCUT2D eigenvalue weighted by Gasteiger charge is -2.10. The second-order valence-electron chi connectivity index (χ2n) is 5.09. The van der Waals surface area contributed by atoms with Gasteiger partial charge in [0.2, 0.25) is 0 Å². The molecule has 0 radical (unpaired) electrons. The Kier molecular flexibility index (Phi) is 6.08. The Bertz CT molecular complexity index is 903. The van der Waals surface area contributed by atoms with E-state index in [1.54, 1.807) is 29.9 Å². The van der Waals surface area contributed by atoms with Gasteiger partial charge < -0.3 is 15.0 Å². The standard InChI is InChI=1S/C17H17ClN4O3/c1-3-11-5-4-6-13(15(11)18)20-16(24)12(10-23)17(25)21-14-9-19-7-8-22(14)2/h4-10,23H,3H2,1-2H3,(H,20,24)/b12-10+,21-14?. The van der Waals surface area contributed by atoms with E-state index in [0.717, 1.165) is 5.56 Å². The number of anilines is 1. The van der Waals surface area contributed by atoms with Crippen LogP contribution >= 0.6 is 11.6 Å². The van der Waals surface area contributed by atoms with Crippen LogP contribution in [0.3, 0.4) is 0 Å². The Morgan fingerprint density at radius 1 is 1.44 bits per heavy atom. The molecule has 0 saturated heterocycles. The van der Waals surface area contributed by atoms with E-state index < -0.39 is 17.4 Å². The topological polar surface area (TPSA) is 96.6 Å². The maximum atomic E-state index is 12.3. The Labute approximate surface area is 149 Å². The number of rotatable bonds is 4. The highest BCUT2D eigenvalue weighted by atomic mass is 35.5. The zero-order chi connectivity index (χ0) is 18.4. The molecule has 0 saturated carbocycles. The number of aliphatic hydroxyl groups excluding tert-OH is 1. The van der Waals surface area contributed by atoms with Gasteiger partial charge in [-0.1, -0.05) is 30.7 Å². The Morgan fingerprint density at radius 3 is 2.84 bits per heavy atom. The average molecular weight is 361 g/mol. The number of hydrogen-bond acceptors (Lipinski definition) is 4. The van der Waals surface area contributed by atoms with Gasteiger partial charge in [0.05, 0.1) is 23.2 Å². The van der Waals surface area contributed by atoms with Crippen molar-refractivity contribution in [3.8, 4) is 0 Å². The SMILES string of the molecule is CCc1cccc(NC(=O)/C(=C\O)C(=O)N=c2cnccn2C)c1Cl. The summed E-state index contributed by atoms with van der Waals surface area (Å²) in [6.45, 7) is 1.93. The molecule has 0 aliphatic carbocycles. The van der Waals surface area contributed by atoms with E-state index in [9.17, 15) is 14.7 Å². The fraction of sp³-hybridized carbons (Fsp3) is 0.176. The fourth-order valence-electron chi connectivity index (χ4n) is 2.04. The molecule has 25 heavy (non-hydrogen) atoms. The molecule has 2 rings (SSSR count). The van der Waals surface area contributed by atoms with Crippen molar-refractivity contribution in [2.75, 3.05) is 5.32 Å². The van der Waals surface area contributed by atoms with Gasteiger partial charge in [0.25, 0.3) is 11.8 Å². The van der Waals surface area contributed by atoms with Crippen LogP contribution in [0.15, 0.2) is 53.6 Å². The van der Waals surface area contributed by atoms with Crippen molar-refractivity contribution in [1.29, 1.82) is 0 Å². The number of amides is 2. The molecule has 2 aromatic rings. The second-order valence-corrected chi connectivity index (χ2v) is 5.47. The molecule has 0 spiro atoms. The Morgan fingerprint density at radius 2 is 2.20 bits per heavy atom. The first-order chi connectivity index (χ1) is 12.0. The summed E-state index contributed by atoms with van der Waals surface area (Å²) in [5.41, 5.74) is 0.935. The highest BCUT2D eigenvalue weighted by Gasteiger charge is 2.19. The summed E-state index contributed by atoms with van der Waals surface area (Å²) in [6, 6.07) is 5.19. The van der Waals surface area contributed by atoms with Gasteiger partial charge in [-0.05, 0) is 18.1 Å². The normalized spacial score (nSPS) is 12.1. The van der Waals surface area contributed by atoms with Crippen LogP contribution in [0.4, 0.5) is 5.69 Å². The monoisotopic (exact) mass is 360 g/mol. The predicted octanol–water partition coefficient (Wildman–Crippen LogP) is 2.14. The Balaban J connectivity index is 2.27. The first kappa shape index (κ1) is 18.4. The minimum absolute atomic E-state index is 0.241. The third-order valence-corrected chi connectivity index (χ3v) is 3.90. The lowest BCUT2D eigenvalue weighted by atomic mass is 10.1. The van der Waals surface area contributed by atoms with Crippen LogP contribution in [0, 0.1) is 0 Å². The number of aliphatic hydroxyl groups is 1. The molecule has 0 aliphatic rings. The predicted molar refractivity (Wildman–Crippen MR) is 93.9 cm³/mol. The molecule has 2 N–H and O–H groups in total. The van der Waals surface area contributed by atoms with Gasteiger partial charge in [-0.2, -0.15) is 4.99 Å². The summed E-state index contributed by atoms with van der Waals surface area (Å²) in [4.78, 5) is 32.2. The number of nitrogens with zero attached hydrogens (tertiary/aromatic N) is 3. The molecule has 0 aliphatic heterocycles. The van der Waals surface area contributed by atoms with Gasteiger partial charge >= 0.3 is 0 Å². The van der Waals surface area contributed by atoms with Gasteiger partial charge in [0.15, 0.2) is 5.49 Å². The molecule has 1 aromatic heterocycles. The number of aryl methyl sites for hydroxylation is 2. The largest absolute Gasteiger partial charge is 0.515 e. The molecule has 1 aromatic carbocycles. The number of nitrogens with one attached hydrogen (secondary N) is 1. The van der Waals surface area contributed by atoms with Gasteiger partial charge in [-0.3, -0.25) is 14.6 Å². The van der Waals surface area contributed by atoms with Crippen LogP contribution in [-0.4, -0.2) is 26.5 Å². The number of carbonyl (C=O) groups is 2. The van der Waals surface area contributed by atoms with Crippen molar-refractivity contribution in [2.24, 2.45) is 12.0 Å². The summed E-state index contributed by atoms with van der Waals surface area (Å²) < 4.78 is 1.55. The minimum atomic E-state index is -0.897. The van der Waals surface area contributed by atoms with Crippen molar-refractivity contribution < 1.29 is 14.7 Å². The summed E-state index contributed by atoms with van der Waals surface area (Å²) >= 11 is 6.21. The highest BCUT2D eigenvalue weighted by molar-refractivity contribution is 6.35. The zero-order valence-corrected chi connectivity index (χ0v) is 14.5. The maximum Gasteiger partial charge on any atom is 0.287 e. The van der Waals surface area contributed by atoms with E-state index in [4.69, 9.17) is 11.6 Å². The maximum absolute atomic E-state index is 12.3. The van der Waals surface area contributed by atoms with Gasteiger partial charge in [0, 0.05) is 19.4 Å². The molecule has 2 amide bonds. The lowest BCUT2D eigenvalue weighted by Crippen LogP contribution is -2.24. The molecule has 0 atom stereocenters. The van der Waals surface area contributed by atoms with E-state index in [1.807, 2.05) is 13.0 Å². The van der Waals surface area contributed by atoms with Crippen molar-refractivity contribution in [3.63, 3.8) is 0 Å². The summed E-state index contributed by atoms with van der Waals surface area (Å²) in [5.74, 6) is -1.70. The lowest BCUT2D eigenvalue weighted by molar-refractivity contribution is -0.119. The number of benzene rings is 1. The second kappa shape index (κ2) is 8.25.